The van der Waals surface area contributed by atoms with E-state index in [2.05, 4.69) is 22.2 Å². The van der Waals surface area contributed by atoms with E-state index in [4.69, 9.17) is 10.5 Å². The monoisotopic (exact) mass is 316 g/mol. The first kappa shape index (κ1) is 14.3. The maximum absolute atomic E-state index is 6.15. The molecule has 0 aliphatic rings. The van der Waals surface area contributed by atoms with Crippen LogP contribution in [-0.4, -0.2) is 21.7 Å². The number of aromatic nitrogens is 3. The highest BCUT2D eigenvalue weighted by Gasteiger charge is 2.17. The third-order valence-corrected chi connectivity index (χ3v) is 4.07. The van der Waals surface area contributed by atoms with Gasteiger partial charge in [-0.1, -0.05) is 42.5 Å². The zero-order valence-electron chi connectivity index (χ0n) is 13.2. The van der Waals surface area contributed by atoms with Gasteiger partial charge in [-0.05, 0) is 23.3 Å². The Labute approximate surface area is 139 Å². The van der Waals surface area contributed by atoms with Crippen molar-refractivity contribution in [2.45, 2.75) is 0 Å². The van der Waals surface area contributed by atoms with E-state index >= 15 is 0 Å². The van der Waals surface area contributed by atoms with Crippen molar-refractivity contribution >= 4 is 11.3 Å². The second-order valence-corrected chi connectivity index (χ2v) is 5.45. The predicted molar refractivity (Wildman–Crippen MR) is 94.8 cm³/mol. The molecule has 0 saturated carbocycles. The van der Waals surface area contributed by atoms with Crippen LogP contribution in [0.15, 0.2) is 67.1 Å². The third kappa shape index (κ3) is 2.27. The first-order chi connectivity index (χ1) is 11.8. The molecule has 0 bridgehead atoms. The van der Waals surface area contributed by atoms with Gasteiger partial charge in [0.1, 0.15) is 17.6 Å². The molecule has 0 aliphatic heterocycles. The SMILES string of the molecule is COc1ccc(-c2c(-c3ccccc3)cn3ncnc(N)c23)cc1. The number of nitrogens with zero attached hydrogens (tertiary/aromatic N) is 3. The first-order valence-corrected chi connectivity index (χ1v) is 7.59. The fourth-order valence-electron chi connectivity index (χ4n) is 2.92. The van der Waals surface area contributed by atoms with Crippen molar-refractivity contribution in [2.75, 3.05) is 12.8 Å². The van der Waals surface area contributed by atoms with E-state index in [-0.39, 0.29) is 0 Å². The van der Waals surface area contributed by atoms with Crippen molar-refractivity contribution in [1.82, 2.24) is 14.6 Å². The molecule has 2 heterocycles. The predicted octanol–water partition coefficient (Wildman–Crippen LogP) is 3.65. The fourth-order valence-corrected chi connectivity index (χ4v) is 2.92. The van der Waals surface area contributed by atoms with Gasteiger partial charge < -0.3 is 10.5 Å². The lowest BCUT2D eigenvalue weighted by atomic mass is 9.97. The van der Waals surface area contributed by atoms with Crippen LogP contribution in [-0.2, 0) is 0 Å². The van der Waals surface area contributed by atoms with Gasteiger partial charge in [0.25, 0.3) is 0 Å². The Morgan fingerprint density at radius 3 is 2.42 bits per heavy atom. The van der Waals surface area contributed by atoms with Crippen LogP contribution < -0.4 is 10.5 Å². The van der Waals surface area contributed by atoms with Crippen LogP contribution in [0.3, 0.4) is 0 Å². The Morgan fingerprint density at radius 1 is 0.958 bits per heavy atom. The highest BCUT2D eigenvalue weighted by molar-refractivity contribution is 5.98. The van der Waals surface area contributed by atoms with Gasteiger partial charge in [-0.2, -0.15) is 5.10 Å². The van der Waals surface area contributed by atoms with Gasteiger partial charge >= 0.3 is 0 Å². The summed E-state index contributed by atoms with van der Waals surface area (Å²) in [7, 11) is 1.66. The molecule has 0 unspecified atom stereocenters. The number of hydrogen-bond acceptors (Lipinski definition) is 4. The van der Waals surface area contributed by atoms with Crippen LogP contribution in [0.25, 0.3) is 27.8 Å². The summed E-state index contributed by atoms with van der Waals surface area (Å²) < 4.78 is 7.04. The Hall–Kier alpha value is -3.34. The summed E-state index contributed by atoms with van der Waals surface area (Å²) in [6, 6.07) is 18.1. The fraction of sp³-hybridized carbons (Fsp3) is 0.0526. The summed E-state index contributed by atoms with van der Waals surface area (Å²) in [6.07, 6.45) is 3.46. The van der Waals surface area contributed by atoms with E-state index in [0.717, 1.165) is 33.5 Å². The molecule has 24 heavy (non-hydrogen) atoms. The quantitative estimate of drug-likeness (QED) is 0.626. The number of hydrogen-bond donors (Lipinski definition) is 1. The summed E-state index contributed by atoms with van der Waals surface area (Å²) in [5.41, 5.74) is 11.2. The van der Waals surface area contributed by atoms with Gasteiger partial charge in [0.2, 0.25) is 0 Å². The van der Waals surface area contributed by atoms with Crippen LogP contribution in [0.5, 0.6) is 5.75 Å². The van der Waals surface area contributed by atoms with Crippen molar-refractivity contribution in [3.05, 3.63) is 67.1 Å². The van der Waals surface area contributed by atoms with E-state index in [9.17, 15) is 0 Å². The second kappa shape index (κ2) is 5.70. The molecule has 5 nitrogen and oxygen atoms in total. The molecule has 0 fully saturated rings. The minimum absolute atomic E-state index is 0.456. The number of anilines is 1. The average molecular weight is 316 g/mol. The molecule has 2 aromatic heterocycles. The molecule has 0 amide bonds. The van der Waals surface area contributed by atoms with E-state index in [1.807, 2.05) is 48.7 Å². The first-order valence-electron chi connectivity index (χ1n) is 7.59. The zero-order valence-corrected chi connectivity index (χ0v) is 13.2. The van der Waals surface area contributed by atoms with E-state index < -0.39 is 0 Å². The summed E-state index contributed by atoms with van der Waals surface area (Å²) in [4.78, 5) is 4.16. The molecule has 118 valence electrons. The number of fused-ring (bicyclic) bond motifs is 1. The summed E-state index contributed by atoms with van der Waals surface area (Å²) in [5.74, 6) is 1.27. The number of nitrogens with two attached hydrogens (primary N) is 1. The van der Waals surface area contributed by atoms with Gasteiger partial charge in [0, 0.05) is 17.3 Å². The van der Waals surface area contributed by atoms with Crippen molar-refractivity contribution in [2.24, 2.45) is 0 Å². The number of benzene rings is 2. The van der Waals surface area contributed by atoms with Crippen molar-refractivity contribution in [1.29, 1.82) is 0 Å². The van der Waals surface area contributed by atoms with Gasteiger partial charge in [-0.3, -0.25) is 0 Å². The molecule has 4 aromatic rings. The standard InChI is InChI=1S/C19H16N4O/c1-24-15-9-7-14(8-10-15)17-16(13-5-3-2-4-6-13)11-23-18(17)19(20)21-12-22-23/h2-12H,1H3,(H2,20,21,22). The highest BCUT2D eigenvalue weighted by atomic mass is 16.5. The summed E-state index contributed by atoms with van der Waals surface area (Å²) >= 11 is 0. The Balaban J connectivity index is 2.03. The molecular weight excluding hydrogens is 300 g/mol. The number of nitrogen functional groups attached to an aromatic ring is 1. The summed E-state index contributed by atoms with van der Waals surface area (Å²) in [5, 5.41) is 4.31. The van der Waals surface area contributed by atoms with Crippen LogP contribution >= 0.6 is 0 Å². The second-order valence-electron chi connectivity index (χ2n) is 5.45. The molecule has 0 aliphatic carbocycles. The topological polar surface area (TPSA) is 65.4 Å². The molecular formula is C19H16N4O. The minimum Gasteiger partial charge on any atom is -0.497 e. The molecule has 0 atom stereocenters. The van der Waals surface area contributed by atoms with Crippen molar-refractivity contribution in [3.8, 4) is 28.0 Å². The molecule has 2 aromatic carbocycles. The lowest BCUT2D eigenvalue weighted by Crippen LogP contribution is -1.98. The normalized spacial score (nSPS) is 10.9. The molecule has 5 heteroatoms. The van der Waals surface area contributed by atoms with E-state index in [1.165, 1.54) is 6.33 Å². The smallest absolute Gasteiger partial charge is 0.151 e. The largest absolute Gasteiger partial charge is 0.497 e. The highest BCUT2D eigenvalue weighted by Crippen LogP contribution is 2.38. The van der Waals surface area contributed by atoms with Crippen LogP contribution in [0, 0.1) is 0 Å². The third-order valence-electron chi connectivity index (χ3n) is 4.07. The van der Waals surface area contributed by atoms with Crippen molar-refractivity contribution in [3.63, 3.8) is 0 Å². The number of ether oxygens (including phenoxy) is 1. The Kier molecular flexibility index (Phi) is 3.39. The summed E-state index contributed by atoms with van der Waals surface area (Å²) in [6.45, 7) is 0. The lowest BCUT2D eigenvalue weighted by molar-refractivity contribution is 0.415. The Morgan fingerprint density at radius 2 is 1.71 bits per heavy atom. The van der Waals surface area contributed by atoms with Crippen LogP contribution in [0.1, 0.15) is 0 Å². The van der Waals surface area contributed by atoms with Gasteiger partial charge in [0.15, 0.2) is 5.82 Å². The Bertz CT molecular complexity index is 991. The minimum atomic E-state index is 0.456. The maximum Gasteiger partial charge on any atom is 0.151 e. The molecule has 0 spiro atoms. The van der Waals surface area contributed by atoms with E-state index in [0.29, 0.717) is 5.82 Å². The number of rotatable bonds is 3. The zero-order chi connectivity index (χ0) is 16.5. The number of methoxy groups -OCH3 is 1. The molecule has 0 saturated heterocycles. The van der Waals surface area contributed by atoms with Crippen molar-refractivity contribution < 1.29 is 4.74 Å². The van der Waals surface area contributed by atoms with Gasteiger partial charge in [-0.25, -0.2) is 9.50 Å². The van der Waals surface area contributed by atoms with E-state index in [1.54, 1.807) is 11.6 Å². The molecule has 4 rings (SSSR count). The van der Waals surface area contributed by atoms with Gasteiger partial charge in [-0.15, -0.1) is 0 Å². The molecule has 0 radical (unpaired) electrons. The molecule has 2 N–H and O–H groups in total. The van der Waals surface area contributed by atoms with Crippen LogP contribution in [0.4, 0.5) is 5.82 Å². The maximum atomic E-state index is 6.15. The average Bonchev–Trinajstić information content (AvgIpc) is 3.03. The van der Waals surface area contributed by atoms with Gasteiger partial charge in [0.05, 0.1) is 7.11 Å². The lowest BCUT2D eigenvalue weighted by Gasteiger charge is -2.07. The van der Waals surface area contributed by atoms with Crippen LogP contribution in [0.2, 0.25) is 0 Å².